The van der Waals surface area contributed by atoms with Gasteiger partial charge >= 0.3 is 0 Å². The minimum absolute atomic E-state index is 0.177. The van der Waals surface area contributed by atoms with E-state index < -0.39 is 6.04 Å². The van der Waals surface area contributed by atoms with Crippen LogP contribution in [0.3, 0.4) is 0 Å². The molecule has 0 saturated heterocycles. The Morgan fingerprint density at radius 1 is 1.38 bits per heavy atom. The summed E-state index contributed by atoms with van der Waals surface area (Å²) in [6, 6.07) is 5.17. The highest BCUT2D eigenvalue weighted by Crippen LogP contribution is 2.26. The highest BCUT2D eigenvalue weighted by atomic mass is 16.5. The molecule has 0 bridgehead atoms. The third-order valence-corrected chi connectivity index (χ3v) is 3.15. The number of carbonyl (C=O) groups is 1. The second-order valence-corrected chi connectivity index (χ2v) is 5.08. The van der Waals surface area contributed by atoms with Crippen molar-refractivity contribution >= 4 is 11.6 Å². The Hall–Kier alpha value is -1.59. The Balaban J connectivity index is 2.70. The van der Waals surface area contributed by atoms with Crippen LogP contribution in [0.1, 0.15) is 31.7 Å². The van der Waals surface area contributed by atoms with E-state index in [1.807, 2.05) is 25.1 Å². The van der Waals surface area contributed by atoms with Gasteiger partial charge in [-0.1, -0.05) is 25.8 Å². The lowest BCUT2D eigenvalue weighted by molar-refractivity contribution is -0.117. The summed E-state index contributed by atoms with van der Waals surface area (Å²) in [7, 11) is 1.62. The topological polar surface area (TPSA) is 73.6 Å². The number of rotatable bonds is 9. The van der Waals surface area contributed by atoms with E-state index in [4.69, 9.17) is 15.2 Å². The van der Waals surface area contributed by atoms with Crippen molar-refractivity contribution in [3.05, 3.63) is 23.8 Å². The zero-order valence-electron chi connectivity index (χ0n) is 13.1. The zero-order chi connectivity index (χ0) is 15.7. The first-order valence-corrected chi connectivity index (χ1v) is 7.37. The normalized spacial score (nSPS) is 12.0. The molecule has 1 atom stereocenters. The van der Waals surface area contributed by atoms with E-state index in [9.17, 15) is 4.79 Å². The fourth-order valence-corrected chi connectivity index (χ4v) is 1.87. The van der Waals surface area contributed by atoms with Crippen molar-refractivity contribution in [1.29, 1.82) is 0 Å². The van der Waals surface area contributed by atoms with Gasteiger partial charge in [0, 0.05) is 7.11 Å². The Bertz CT molecular complexity index is 449. The standard InChI is InChI=1S/C16H26N2O3/c1-4-5-6-13(17)16(19)18-14-8-7-12(2)11-15(14)21-10-9-20-3/h7-8,11,13H,4-6,9-10,17H2,1-3H3,(H,18,19)/t13-/m0/s1. The number of carbonyl (C=O) groups excluding carboxylic acids is 1. The molecule has 0 fully saturated rings. The van der Waals surface area contributed by atoms with Gasteiger partial charge in [-0.3, -0.25) is 4.79 Å². The van der Waals surface area contributed by atoms with Gasteiger partial charge in [-0.2, -0.15) is 0 Å². The summed E-state index contributed by atoms with van der Waals surface area (Å²) in [4.78, 5) is 12.1. The SMILES string of the molecule is CCCC[C@H](N)C(=O)Nc1ccc(C)cc1OCCOC. The number of hydrogen-bond acceptors (Lipinski definition) is 4. The summed E-state index contributed by atoms with van der Waals surface area (Å²) in [5, 5.41) is 2.84. The molecule has 1 aromatic carbocycles. The van der Waals surface area contributed by atoms with Crippen LogP contribution < -0.4 is 15.8 Å². The molecular formula is C16H26N2O3. The number of nitrogens with two attached hydrogens (primary N) is 1. The molecule has 21 heavy (non-hydrogen) atoms. The molecule has 5 heteroatoms. The molecule has 1 rings (SSSR count). The lowest BCUT2D eigenvalue weighted by atomic mass is 10.1. The Kier molecular flexibility index (Phi) is 7.79. The molecule has 0 aliphatic carbocycles. The average molecular weight is 294 g/mol. The van der Waals surface area contributed by atoms with E-state index in [0.717, 1.165) is 18.4 Å². The Labute approximate surface area is 126 Å². The first kappa shape index (κ1) is 17.5. The third-order valence-electron chi connectivity index (χ3n) is 3.15. The highest BCUT2D eigenvalue weighted by Gasteiger charge is 2.15. The largest absolute Gasteiger partial charge is 0.489 e. The van der Waals surface area contributed by atoms with Gasteiger partial charge in [-0.15, -0.1) is 0 Å². The molecule has 0 unspecified atom stereocenters. The number of hydrogen-bond donors (Lipinski definition) is 2. The molecule has 3 N–H and O–H groups in total. The number of methoxy groups -OCH3 is 1. The van der Waals surface area contributed by atoms with Crippen LogP contribution in [0.2, 0.25) is 0 Å². The molecule has 0 saturated carbocycles. The zero-order valence-corrected chi connectivity index (χ0v) is 13.1. The lowest BCUT2D eigenvalue weighted by Crippen LogP contribution is -2.35. The van der Waals surface area contributed by atoms with E-state index in [0.29, 0.717) is 31.1 Å². The quantitative estimate of drug-likeness (QED) is 0.686. The van der Waals surface area contributed by atoms with Crippen LogP contribution in [0.4, 0.5) is 5.69 Å². The summed E-state index contributed by atoms with van der Waals surface area (Å²) in [5.74, 6) is 0.465. The van der Waals surface area contributed by atoms with Crippen molar-refractivity contribution in [2.75, 3.05) is 25.6 Å². The molecule has 5 nitrogen and oxygen atoms in total. The van der Waals surface area contributed by atoms with Gasteiger partial charge < -0.3 is 20.5 Å². The third kappa shape index (κ3) is 6.14. The monoisotopic (exact) mass is 294 g/mol. The summed E-state index contributed by atoms with van der Waals surface area (Å²) < 4.78 is 10.6. The predicted octanol–water partition coefficient (Wildman–Crippen LogP) is 2.48. The van der Waals surface area contributed by atoms with Gasteiger partial charge in [-0.25, -0.2) is 0 Å². The van der Waals surface area contributed by atoms with E-state index in [1.165, 1.54) is 0 Å². The number of aryl methyl sites for hydroxylation is 1. The lowest BCUT2D eigenvalue weighted by Gasteiger charge is -2.16. The summed E-state index contributed by atoms with van der Waals surface area (Å²) >= 11 is 0. The van der Waals surface area contributed by atoms with Crippen LogP contribution in [0.25, 0.3) is 0 Å². The van der Waals surface area contributed by atoms with Crippen molar-refractivity contribution in [2.45, 2.75) is 39.2 Å². The van der Waals surface area contributed by atoms with Crippen LogP contribution in [-0.2, 0) is 9.53 Å². The van der Waals surface area contributed by atoms with Crippen LogP contribution in [0.5, 0.6) is 5.75 Å². The number of unbranched alkanes of at least 4 members (excludes halogenated alkanes) is 1. The van der Waals surface area contributed by atoms with Gasteiger partial charge in [0.15, 0.2) is 0 Å². The molecule has 1 aromatic rings. The van der Waals surface area contributed by atoms with E-state index >= 15 is 0 Å². The highest BCUT2D eigenvalue weighted by molar-refractivity contribution is 5.95. The number of nitrogens with one attached hydrogen (secondary N) is 1. The first-order valence-electron chi connectivity index (χ1n) is 7.37. The van der Waals surface area contributed by atoms with Gasteiger partial charge in [0.2, 0.25) is 5.91 Å². The van der Waals surface area contributed by atoms with E-state index in [1.54, 1.807) is 7.11 Å². The number of anilines is 1. The van der Waals surface area contributed by atoms with Gasteiger partial charge in [0.05, 0.1) is 18.3 Å². The summed E-state index contributed by atoms with van der Waals surface area (Å²) in [5.41, 5.74) is 7.59. The fraction of sp³-hybridized carbons (Fsp3) is 0.562. The number of amides is 1. The molecule has 0 aliphatic heterocycles. The summed E-state index contributed by atoms with van der Waals surface area (Å²) in [6.07, 6.45) is 2.66. The van der Waals surface area contributed by atoms with Crippen molar-refractivity contribution in [1.82, 2.24) is 0 Å². The first-order chi connectivity index (χ1) is 10.1. The minimum atomic E-state index is -0.488. The smallest absolute Gasteiger partial charge is 0.241 e. The Morgan fingerprint density at radius 2 is 2.14 bits per heavy atom. The van der Waals surface area contributed by atoms with Crippen LogP contribution in [0.15, 0.2) is 18.2 Å². The molecule has 1 amide bonds. The Morgan fingerprint density at radius 3 is 2.81 bits per heavy atom. The van der Waals surface area contributed by atoms with E-state index in [-0.39, 0.29) is 5.91 Å². The maximum atomic E-state index is 12.1. The fourth-order valence-electron chi connectivity index (χ4n) is 1.87. The van der Waals surface area contributed by atoms with Gasteiger partial charge in [0.1, 0.15) is 12.4 Å². The second kappa shape index (κ2) is 9.37. The molecule has 0 radical (unpaired) electrons. The maximum absolute atomic E-state index is 12.1. The average Bonchev–Trinajstić information content (AvgIpc) is 2.47. The molecule has 0 aromatic heterocycles. The maximum Gasteiger partial charge on any atom is 0.241 e. The molecule has 0 heterocycles. The van der Waals surface area contributed by atoms with Crippen molar-refractivity contribution in [3.8, 4) is 5.75 Å². The number of benzene rings is 1. The van der Waals surface area contributed by atoms with Crippen LogP contribution >= 0.6 is 0 Å². The van der Waals surface area contributed by atoms with E-state index in [2.05, 4.69) is 12.2 Å². The van der Waals surface area contributed by atoms with Crippen LogP contribution in [-0.4, -0.2) is 32.3 Å². The molecule has 0 spiro atoms. The second-order valence-electron chi connectivity index (χ2n) is 5.08. The molecule has 118 valence electrons. The number of ether oxygens (including phenoxy) is 2. The van der Waals surface area contributed by atoms with Crippen LogP contribution in [0, 0.1) is 6.92 Å². The van der Waals surface area contributed by atoms with Gasteiger partial charge in [-0.05, 0) is 31.0 Å². The van der Waals surface area contributed by atoms with Crippen molar-refractivity contribution < 1.29 is 14.3 Å². The molecular weight excluding hydrogens is 268 g/mol. The predicted molar refractivity (Wildman–Crippen MR) is 84.7 cm³/mol. The summed E-state index contributed by atoms with van der Waals surface area (Å²) in [6.45, 7) is 4.98. The van der Waals surface area contributed by atoms with Crippen molar-refractivity contribution in [2.24, 2.45) is 5.73 Å². The molecule has 0 aliphatic rings. The van der Waals surface area contributed by atoms with Crippen molar-refractivity contribution in [3.63, 3.8) is 0 Å². The van der Waals surface area contributed by atoms with Gasteiger partial charge in [0.25, 0.3) is 0 Å². The minimum Gasteiger partial charge on any atom is -0.489 e.